The van der Waals surface area contributed by atoms with E-state index in [-0.39, 0.29) is 16.8 Å². The number of ketones is 1. The summed E-state index contributed by atoms with van der Waals surface area (Å²) in [7, 11) is 0. The van der Waals surface area contributed by atoms with Gasteiger partial charge in [-0.1, -0.05) is 75.2 Å². The van der Waals surface area contributed by atoms with Crippen molar-refractivity contribution in [3.8, 4) is 11.5 Å². The molecule has 2 aliphatic heterocycles. The molecule has 2 heterocycles. The van der Waals surface area contributed by atoms with Crippen molar-refractivity contribution in [1.82, 2.24) is 4.90 Å². The number of hydrogen-bond acceptors (Lipinski definition) is 4. The molecule has 1 unspecified atom stereocenters. The van der Waals surface area contributed by atoms with Gasteiger partial charge < -0.3 is 9.47 Å². The molecule has 5 aliphatic rings. The van der Waals surface area contributed by atoms with Crippen molar-refractivity contribution in [3.05, 3.63) is 84.0 Å². The van der Waals surface area contributed by atoms with E-state index in [1.807, 2.05) is 30.3 Å². The molecule has 246 valence electrons. The number of piperidine rings is 1. The topological polar surface area (TPSA) is 38.8 Å². The molecule has 4 nitrogen and oxygen atoms in total. The normalized spacial score (nSPS) is 37.3. The van der Waals surface area contributed by atoms with Crippen molar-refractivity contribution < 1.29 is 14.3 Å². The van der Waals surface area contributed by atoms with Crippen LogP contribution in [0.2, 0.25) is 0 Å². The van der Waals surface area contributed by atoms with Crippen LogP contribution < -0.4 is 4.74 Å². The van der Waals surface area contributed by atoms with E-state index in [1.54, 1.807) is 11.1 Å². The van der Waals surface area contributed by atoms with Gasteiger partial charge in [-0.3, -0.25) is 9.69 Å². The van der Waals surface area contributed by atoms with E-state index in [2.05, 4.69) is 63.4 Å². The van der Waals surface area contributed by atoms with Crippen molar-refractivity contribution in [2.45, 2.75) is 116 Å². The van der Waals surface area contributed by atoms with Gasteiger partial charge in [-0.15, -0.1) is 0 Å². The summed E-state index contributed by atoms with van der Waals surface area (Å²) in [5.74, 6) is 5.27. The summed E-state index contributed by atoms with van der Waals surface area (Å²) in [5, 5.41) is 0. The minimum Gasteiger partial charge on any atom is -0.457 e. The van der Waals surface area contributed by atoms with Crippen LogP contribution in [0.1, 0.15) is 97.5 Å². The second kappa shape index (κ2) is 12.7. The molecular weight excluding hydrogens is 566 g/mol. The number of rotatable bonds is 8. The molecule has 4 heteroatoms. The average Bonchev–Trinajstić information content (AvgIpc) is 3.51. The highest BCUT2D eigenvalue weighted by Crippen LogP contribution is 2.62. The number of para-hydroxylation sites is 1. The first kappa shape index (κ1) is 31.9. The summed E-state index contributed by atoms with van der Waals surface area (Å²) in [6.07, 6.45) is 13.4. The lowest BCUT2D eigenvalue weighted by Gasteiger charge is -2.45. The Bertz CT molecular complexity index is 1450. The van der Waals surface area contributed by atoms with E-state index in [0.29, 0.717) is 42.2 Å². The summed E-state index contributed by atoms with van der Waals surface area (Å²) in [5.41, 5.74) is 4.95. The van der Waals surface area contributed by atoms with Crippen molar-refractivity contribution >= 4 is 5.78 Å². The van der Waals surface area contributed by atoms with Crippen molar-refractivity contribution in [2.75, 3.05) is 6.54 Å². The molecule has 46 heavy (non-hydrogen) atoms. The number of benzene rings is 2. The molecule has 2 saturated carbocycles. The fourth-order valence-corrected chi connectivity index (χ4v) is 10.9. The minimum atomic E-state index is -0.0592. The Hall–Kier alpha value is -2.69. The Balaban J connectivity index is 1.07. The molecule has 2 saturated heterocycles. The highest BCUT2D eigenvalue weighted by atomic mass is 16.5. The Morgan fingerprint density at radius 1 is 1.07 bits per heavy atom. The third-order valence-electron chi connectivity index (χ3n) is 13.3. The molecule has 0 N–H and O–H groups in total. The fraction of sp³-hybridized carbons (Fsp3) is 0.595. The number of nitrogens with zero attached hydrogens (tertiary/aromatic N) is 1. The molecule has 2 aromatic carbocycles. The molecular formula is C42H55NO3. The Morgan fingerprint density at radius 3 is 2.59 bits per heavy atom. The van der Waals surface area contributed by atoms with Crippen LogP contribution in [-0.4, -0.2) is 35.0 Å². The van der Waals surface area contributed by atoms with Gasteiger partial charge in [0.1, 0.15) is 11.5 Å². The Morgan fingerprint density at radius 2 is 1.83 bits per heavy atom. The summed E-state index contributed by atoms with van der Waals surface area (Å²) < 4.78 is 13.4. The predicted octanol–water partition coefficient (Wildman–Crippen LogP) is 9.94. The number of likely N-dealkylation sites (tertiary alicyclic amines) is 1. The second-order valence-corrected chi connectivity index (χ2v) is 16.1. The molecule has 3 aliphatic carbocycles. The Labute approximate surface area is 277 Å². The van der Waals surface area contributed by atoms with Crippen LogP contribution in [0.25, 0.3) is 0 Å². The molecule has 7 rings (SSSR count). The highest BCUT2D eigenvalue weighted by molar-refractivity contribution is 5.89. The van der Waals surface area contributed by atoms with Gasteiger partial charge in [0.15, 0.2) is 5.78 Å². The third kappa shape index (κ3) is 5.94. The summed E-state index contributed by atoms with van der Waals surface area (Å²) >= 11 is 0. The molecule has 0 aromatic heterocycles. The standard InChI is InChI=1S/C42H55NO3/c1-6-32(44)18-21-41(5)20-10-13-36-35-19-22-42(25-29(3)37(35)24-38(36)41)30(4)40-39(46-42)23-28(2)26-43(40)27-31-14-16-34(17-15-31)45-33-11-8-7-9-12-33/h6-9,11-12,14-17,28,30,35-36,38-40H,1,10,13,18-27H2,2-5H3/t28-,30+,35-,36-,38-,39+,40-,41?,42-/m0/s1. The van der Waals surface area contributed by atoms with Crippen LogP contribution in [-0.2, 0) is 16.1 Å². The highest BCUT2D eigenvalue weighted by Gasteiger charge is 2.58. The van der Waals surface area contributed by atoms with E-state index in [9.17, 15) is 4.79 Å². The maximum absolute atomic E-state index is 12.2. The quantitative estimate of drug-likeness (QED) is 0.217. The number of carbonyl (C=O) groups excluding carboxylic acids is 1. The Kier molecular flexibility index (Phi) is 8.82. The van der Waals surface area contributed by atoms with Gasteiger partial charge >= 0.3 is 0 Å². The maximum atomic E-state index is 12.2. The van der Waals surface area contributed by atoms with Gasteiger partial charge in [-0.05, 0) is 123 Å². The van der Waals surface area contributed by atoms with Crippen LogP contribution >= 0.6 is 0 Å². The van der Waals surface area contributed by atoms with Gasteiger partial charge in [-0.25, -0.2) is 0 Å². The SMILES string of the molecule is C=CC(=O)CCC1(C)CCC[C@H]2[C@@H]3CC[C@@]4(CC(C)=C3C[C@@H]21)O[C@@H]1C[C@H](C)CN(Cc2ccc(Oc3ccccc3)cc2)[C@H]1[C@H]4C. The fourth-order valence-electron chi connectivity index (χ4n) is 10.9. The van der Waals surface area contributed by atoms with Crippen LogP contribution in [0.3, 0.4) is 0 Å². The lowest BCUT2D eigenvalue weighted by molar-refractivity contribution is -0.115. The van der Waals surface area contributed by atoms with Crippen LogP contribution in [0.5, 0.6) is 11.5 Å². The number of carbonyl (C=O) groups is 1. The van der Waals surface area contributed by atoms with E-state index in [0.717, 1.165) is 43.3 Å². The number of ether oxygens (including phenoxy) is 2. The smallest absolute Gasteiger partial charge is 0.155 e. The monoisotopic (exact) mass is 621 g/mol. The van der Waals surface area contributed by atoms with E-state index < -0.39 is 0 Å². The largest absolute Gasteiger partial charge is 0.457 e. The summed E-state index contributed by atoms with van der Waals surface area (Å²) in [4.78, 5) is 14.9. The molecule has 0 amide bonds. The van der Waals surface area contributed by atoms with Crippen LogP contribution in [0, 0.1) is 35.0 Å². The molecule has 0 radical (unpaired) electrons. The summed E-state index contributed by atoms with van der Waals surface area (Å²) in [6, 6.07) is 19.2. The zero-order chi connectivity index (χ0) is 32.1. The van der Waals surface area contributed by atoms with Gasteiger partial charge in [0.25, 0.3) is 0 Å². The first-order valence-corrected chi connectivity index (χ1v) is 18.3. The van der Waals surface area contributed by atoms with Crippen LogP contribution in [0.4, 0.5) is 0 Å². The van der Waals surface area contributed by atoms with Crippen molar-refractivity contribution in [2.24, 2.45) is 35.0 Å². The average molecular weight is 622 g/mol. The van der Waals surface area contributed by atoms with E-state index >= 15 is 0 Å². The predicted molar refractivity (Wildman–Crippen MR) is 186 cm³/mol. The first-order valence-electron chi connectivity index (χ1n) is 18.3. The number of hydrogen-bond donors (Lipinski definition) is 0. The van der Waals surface area contributed by atoms with Crippen molar-refractivity contribution in [1.29, 1.82) is 0 Å². The van der Waals surface area contributed by atoms with Gasteiger partial charge in [-0.2, -0.15) is 0 Å². The van der Waals surface area contributed by atoms with E-state index in [1.165, 1.54) is 56.6 Å². The van der Waals surface area contributed by atoms with Gasteiger partial charge in [0.05, 0.1) is 11.7 Å². The maximum Gasteiger partial charge on any atom is 0.155 e. The lowest BCUT2D eigenvalue weighted by Crippen LogP contribution is -2.51. The van der Waals surface area contributed by atoms with E-state index in [4.69, 9.17) is 9.47 Å². The van der Waals surface area contributed by atoms with Crippen molar-refractivity contribution in [3.63, 3.8) is 0 Å². The van der Waals surface area contributed by atoms with Crippen LogP contribution in [0.15, 0.2) is 78.4 Å². The first-order chi connectivity index (χ1) is 22.2. The zero-order valence-electron chi connectivity index (χ0n) is 28.7. The summed E-state index contributed by atoms with van der Waals surface area (Å²) in [6.45, 7) is 15.7. The van der Waals surface area contributed by atoms with Gasteiger partial charge in [0.2, 0.25) is 0 Å². The molecule has 1 spiro atoms. The number of allylic oxidation sites excluding steroid dienone is 2. The second-order valence-electron chi connectivity index (χ2n) is 16.1. The molecule has 0 bridgehead atoms. The molecule has 9 atom stereocenters. The third-order valence-corrected chi connectivity index (χ3v) is 13.3. The lowest BCUT2D eigenvalue weighted by atomic mass is 9.60. The minimum absolute atomic E-state index is 0.0592. The molecule has 2 aromatic rings. The zero-order valence-corrected chi connectivity index (χ0v) is 28.7. The van der Waals surface area contributed by atoms with Gasteiger partial charge in [0, 0.05) is 31.5 Å². The molecule has 4 fully saturated rings. The number of fused-ring (bicyclic) bond motifs is 4.